The molecule has 3 rings (SSSR count). The smallest absolute Gasteiger partial charge is 0.304 e. The van der Waals surface area contributed by atoms with Gasteiger partial charge < -0.3 is 9.84 Å². The topological polar surface area (TPSA) is 46.5 Å². The summed E-state index contributed by atoms with van der Waals surface area (Å²) in [5, 5.41) is 9.03. The Bertz CT molecular complexity index is 830. The number of aryl methyl sites for hydroxylation is 1. The number of carboxylic acids is 1. The SMILES string of the molecule is CC#CC(CC(=O)O)c1ccc(O[C@H]2CCc3cc(Br)ccc32)cc1. The number of carbonyl (C=O) groups is 1. The second kappa shape index (κ2) is 7.76. The van der Waals surface area contributed by atoms with Crippen molar-refractivity contribution in [3.8, 4) is 17.6 Å². The molecule has 2 atom stereocenters. The van der Waals surface area contributed by atoms with Gasteiger partial charge in [0, 0.05) is 4.47 Å². The number of carboxylic acid groups (broad SMARTS) is 1. The van der Waals surface area contributed by atoms with Gasteiger partial charge in [0.15, 0.2) is 0 Å². The van der Waals surface area contributed by atoms with E-state index in [1.807, 2.05) is 30.3 Å². The van der Waals surface area contributed by atoms with Crippen molar-refractivity contribution in [1.82, 2.24) is 0 Å². The van der Waals surface area contributed by atoms with E-state index < -0.39 is 5.97 Å². The van der Waals surface area contributed by atoms with E-state index in [9.17, 15) is 4.79 Å². The van der Waals surface area contributed by atoms with Crippen LogP contribution < -0.4 is 4.74 Å². The number of halogens is 1. The van der Waals surface area contributed by atoms with E-state index in [-0.39, 0.29) is 18.4 Å². The molecular weight excluding hydrogens is 380 g/mol. The van der Waals surface area contributed by atoms with Gasteiger partial charge in [-0.25, -0.2) is 0 Å². The zero-order chi connectivity index (χ0) is 17.8. The van der Waals surface area contributed by atoms with Crippen LogP contribution in [0.25, 0.3) is 0 Å². The number of hydrogen-bond acceptors (Lipinski definition) is 2. The van der Waals surface area contributed by atoms with E-state index >= 15 is 0 Å². The molecule has 25 heavy (non-hydrogen) atoms. The van der Waals surface area contributed by atoms with Crippen molar-refractivity contribution in [2.24, 2.45) is 0 Å². The molecule has 2 aromatic rings. The highest BCUT2D eigenvalue weighted by Gasteiger charge is 2.24. The summed E-state index contributed by atoms with van der Waals surface area (Å²) in [6.07, 6.45) is 2.06. The Labute approximate surface area is 156 Å². The van der Waals surface area contributed by atoms with Crippen LogP contribution in [0.1, 0.15) is 48.5 Å². The summed E-state index contributed by atoms with van der Waals surface area (Å²) < 4.78 is 7.24. The largest absolute Gasteiger partial charge is 0.486 e. The van der Waals surface area contributed by atoms with Gasteiger partial charge in [-0.05, 0) is 60.7 Å². The Balaban J connectivity index is 1.73. The first-order valence-corrected chi connectivity index (χ1v) is 9.05. The van der Waals surface area contributed by atoms with Crippen LogP contribution >= 0.6 is 15.9 Å². The standard InChI is InChI=1S/C21H19BrO3/c1-2-3-15(13-21(23)24)14-4-8-18(9-5-14)25-20-11-6-16-12-17(22)7-10-19(16)20/h4-5,7-10,12,15,20H,6,11,13H2,1H3,(H,23,24)/t15?,20-/m0/s1. The van der Waals surface area contributed by atoms with Gasteiger partial charge in [0.1, 0.15) is 11.9 Å². The van der Waals surface area contributed by atoms with E-state index in [4.69, 9.17) is 9.84 Å². The monoisotopic (exact) mass is 398 g/mol. The fourth-order valence-electron chi connectivity index (χ4n) is 3.21. The third-order valence-corrected chi connectivity index (χ3v) is 4.88. The van der Waals surface area contributed by atoms with Crippen molar-refractivity contribution in [2.45, 2.75) is 38.2 Å². The predicted molar refractivity (Wildman–Crippen MR) is 101 cm³/mol. The summed E-state index contributed by atoms with van der Waals surface area (Å²) in [6.45, 7) is 1.72. The fraction of sp³-hybridized carbons (Fsp3) is 0.286. The summed E-state index contributed by atoms with van der Waals surface area (Å²) in [5.41, 5.74) is 3.48. The maximum atomic E-state index is 11.0. The third-order valence-electron chi connectivity index (χ3n) is 4.39. The van der Waals surface area contributed by atoms with Crippen molar-refractivity contribution in [2.75, 3.05) is 0 Å². The quantitative estimate of drug-likeness (QED) is 0.712. The zero-order valence-electron chi connectivity index (χ0n) is 14.0. The predicted octanol–water partition coefficient (Wildman–Crippen LogP) is 5.10. The highest BCUT2D eigenvalue weighted by Crippen LogP contribution is 2.36. The van der Waals surface area contributed by atoms with E-state index in [0.717, 1.165) is 28.6 Å². The van der Waals surface area contributed by atoms with Gasteiger partial charge in [-0.15, -0.1) is 5.92 Å². The van der Waals surface area contributed by atoms with E-state index in [0.29, 0.717) is 0 Å². The minimum absolute atomic E-state index is 0.00587. The number of ether oxygens (including phenoxy) is 1. The lowest BCUT2D eigenvalue weighted by Crippen LogP contribution is -2.06. The Kier molecular flexibility index (Phi) is 5.45. The first-order valence-electron chi connectivity index (χ1n) is 8.26. The van der Waals surface area contributed by atoms with Crippen LogP contribution in [0.2, 0.25) is 0 Å². The van der Waals surface area contributed by atoms with Crippen molar-refractivity contribution in [3.05, 3.63) is 63.6 Å². The fourth-order valence-corrected chi connectivity index (χ4v) is 3.62. The first-order chi connectivity index (χ1) is 12.1. The third kappa shape index (κ3) is 4.24. The lowest BCUT2D eigenvalue weighted by Gasteiger charge is -2.16. The number of fused-ring (bicyclic) bond motifs is 1. The Morgan fingerprint density at radius 3 is 2.76 bits per heavy atom. The maximum absolute atomic E-state index is 11.0. The summed E-state index contributed by atoms with van der Waals surface area (Å²) in [6, 6.07) is 13.9. The summed E-state index contributed by atoms with van der Waals surface area (Å²) in [4.78, 5) is 11.0. The summed E-state index contributed by atoms with van der Waals surface area (Å²) >= 11 is 3.51. The molecule has 0 heterocycles. The molecule has 0 aromatic heterocycles. The van der Waals surface area contributed by atoms with Crippen molar-refractivity contribution in [3.63, 3.8) is 0 Å². The molecule has 0 aliphatic heterocycles. The Hall–Kier alpha value is -2.25. The van der Waals surface area contributed by atoms with E-state index in [1.165, 1.54) is 11.1 Å². The molecule has 1 aliphatic rings. The van der Waals surface area contributed by atoms with Crippen LogP contribution in [-0.4, -0.2) is 11.1 Å². The summed E-state index contributed by atoms with van der Waals surface area (Å²) in [7, 11) is 0. The second-order valence-electron chi connectivity index (χ2n) is 6.10. The minimum Gasteiger partial charge on any atom is -0.486 e. The average molecular weight is 399 g/mol. The zero-order valence-corrected chi connectivity index (χ0v) is 15.5. The molecule has 0 fully saturated rings. The highest BCUT2D eigenvalue weighted by atomic mass is 79.9. The van der Waals surface area contributed by atoms with Crippen molar-refractivity contribution >= 4 is 21.9 Å². The molecular formula is C21H19BrO3. The van der Waals surface area contributed by atoms with Crippen LogP contribution in [-0.2, 0) is 11.2 Å². The number of rotatable bonds is 5. The van der Waals surface area contributed by atoms with Crippen LogP contribution in [0.4, 0.5) is 0 Å². The van der Waals surface area contributed by atoms with Gasteiger partial charge in [-0.3, -0.25) is 4.79 Å². The highest BCUT2D eigenvalue weighted by molar-refractivity contribution is 9.10. The molecule has 0 bridgehead atoms. The molecule has 0 saturated heterocycles. The molecule has 1 aliphatic carbocycles. The Morgan fingerprint density at radius 2 is 2.08 bits per heavy atom. The molecule has 4 heteroatoms. The number of hydrogen-bond donors (Lipinski definition) is 1. The molecule has 128 valence electrons. The molecule has 0 spiro atoms. The molecule has 0 amide bonds. The Morgan fingerprint density at radius 1 is 1.32 bits per heavy atom. The van der Waals surface area contributed by atoms with Gasteiger partial charge in [-0.2, -0.15) is 0 Å². The lowest BCUT2D eigenvalue weighted by molar-refractivity contribution is -0.137. The van der Waals surface area contributed by atoms with Gasteiger partial charge in [0.25, 0.3) is 0 Å². The van der Waals surface area contributed by atoms with Crippen LogP contribution in [0, 0.1) is 11.8 Å². The van der Waals surface area contributed by atoms with Gasteiger partial charge in [-0.1, -0.05) is 40.0 Å². The number of aliphatic carboxylic acids is 1. The second-order valence-corrected chi connectivity index (χ2v) is 7.02. The molecule has 0 saturated carbocycles. The normalized spacial score (nSPS) is 16.5. The van der Waals surface area contributed by atoms with Crippen LogP contribution in [0.15, 0.2) is 46.9 Å². The average Bonchev–Trinajstić information content (AvgIpc) is 2.97. The molecule has 3 nitrogen and oxygen atoms in total. The molecule has 1 unspecified atom stereocenters. The number of benzene rings is 2. The van der Waals surface area contributed by atoms with Gasteiger partial charge in [0.2, 0.25) is 0 Å². The minimum atomic E-state index is -0.846. The summed E-state index contributed by atoms with van der Waals surface area (Å²) in [5.74, 6) is 5.44. The van der Waals surface area contributed by atoms with Crippen molar-refractivity contribution < 1.29 is 14.6 Å². The van der Waals surface area contributed by atoms with Crippen molar-refractivity contribution in [1.29, 1.82) is 0 Å². The van der Waals surface area contributed by atoms with E-state index in [2.05, 4.69) is 39.9 Å². The lowest BCUT2D eigenvalue weighted by atomic mass is 9.96. The van der Waals surface area contributed by atoms with E-state index in [1.54, 1.807) is 6.92 Å². The molecule has 0 radical (unpaired) electrons. The first kappa shape index (κ1) is 17.6. The van der Waals surface area contributed by atoms with Gasteiger partial charge in [0.05, 0.1) is 12.3 Å². The maximum Gasteiger partial charge on any atom is 0.304 e. The molecule has 2 aromatic carbocycles. The molecule has 1 N–H and O–H groups in total. The van der Waals surface area contributed by atoms with Gasteiger partial charge >= 0.3 is 5.97 Å². The van der Waals surface area contributed by atoms with Crippen LogP contribution in [0.3, 0.4) is 0 Å². The van der Waals surface area contributed by atoms with Crippen LogP contribution in [0.5, 0.6) is 5.75 Å².